The molecule has 56 valence electrons. The topological polar surface area (TPSA) is 34.5 Å². The molecule has 0 saturated heterocycles. The van der Waals surface area contributed by atoms with Crippen molar-refractivity contribution in [1.82, 2.24) is 4.98 Å². The molecule has 3 heteroatoms. The van der Waals surface area contributed by atoms with Crippen molar-refractivity contribution < 1.29 is 4.74 Å². The largest absolute Gasteiger partial charge is 0.475 e. The molecule has 1 aliphatic rings. The standard InChI is InChI=1S/C8H8N2O/c1-2-7(6-9-3-1)8-10-4-5-11-8/h1-3,6H,4-5H2. The normalized spacial score (nSPS) is 15.8. The van der Waals surface area contributed by atoms with Gasteiger partial charge in [0, 0.05) is 12.4 Å². The van der Waals surface area contributed by atoms with Gasteiger partial charge in [-0.15, -0.1) is 0 Å². The maximum absolute atomic E-state index is 5.25. The van der Waals surface area contributed by atoms with E-state index in [2.05, 4.69) is 9.98 Å². The SMILES string of the molecule is c1cncc(C2=NCCO2)c1. The molecule has 11 heavy (non-hydrogen) atoms. The maximum atomic E-state index is 5.25. The van der Waals surface area contributed by atoms with E-state index in [1.54, 1.807) is 12.4 Å². The van der Waals surface area contributed by atoms with Crippen LogP contribution in [0.2, 0.25) is 0 Å². The van der Waals surface area contributed by atoms with Gasteiger partial charge in [0.2, 0.25) is 5.90 Å². The molecule has 0 aromatic carbocycles. The Balaban J connectivity index is 2.29. The minimum Gasteiger partial charge on any atom is -0.475 e. The van der Waals surface area contributed by atoms with Crippen molar-refractivity contribution in [2.24, 2.45) is 4.99 Å². The molecule has 0 fully saturated rings. The van der Waals surface area contributed by atoms with Crippen molar-refractivity contribution in [2.75, 3.05) is 13.2 Å². The van der Waals surface area contributed by atoms with Crippen LogP contribution in [-0.4, -0.2) is 24.0 Å². The van der Waals surface area contributed by atoms with E-state index in [1.807, 2.05) is 12.1 Å². The second-order valence-electron chi connectivity index (χ2n) is 2.28. The van der Waals surface area contributed by atoms with Crippen LogP contribution in [0.5, 0.6) is 0 Å². The Morgan fingerprint density at radius 3 is 3.09 bits per heavy atom. The minimum atomic E-state index is 0.699. The monoisotopic (exact) mass is 148 g/mol. The Labute approximate surface area is 64.7 Å². The third-order valence-corrected chi connectivity index (χ3v) is 1.49. The average molecular weight is 148 g/mol. The molecule has 1 aliphatic heterocycles. The second-order valence-corrected chi connectivity index (χ2v) is 2.28. The zero-order valence-electron chi connectivity index (χ0n) is 6.03. The van der Waals surface area contributed by atoms with Gasteiger partial charge < -0.3 is 4.74 Å². The lowest BCUT2D eigenvalue weighted by Gasteiger charge is -1.98. The van der Waals surface area contributed by atoms with Gasteiger partial charge in [0.25, 0.3) is 0 Å². The van der Waals surface area contributed by atoms with Crippen molar-refractivity contribution >= 4 is 5.90 Å². The fourth-order valence-corrected chi connectivity index (χ4v) is 0.999. The van der Waals surface area contributed by atoms with E-state index in [0.717, 1.165) is 18.0 Å². The molecule has 2 rings (SSSR count). The molecule has 0 aliphatic carbocycles. The minimum absolute atomic E-state index is 0.699. The van der Waals surface area contributed by atoms with Crippen LogP contribution in [0, 0.1) is 0 Å². The summed E-state index contributed by atoms with van der Waals surface area (Å²) in [5.41, 5.74) is 0.963. The molecular weight excluding hydrogens is 140 g/mol. The predicted molar refractivity (Wildman–Crippen MR) is 41.6 cm³/mol. The van der Waals surface area contributed by atoms with Crippen LogP contribution >= 0.6 is 0 Å². The van der Waals surface area contributed by atoms with Gasteiger partial charge >= 0.3 is 0 Å². The third kappa shape index (κ3) is 1.22. The van der Waals surface area contributed by atoms with Crippen molar-refractivity contribution in [3.63, 3.8) is 0 Å². The quantitative estimate of drug-likeness (QED) is 0.592. The van der Waals surface area contributed by atoms with Crippen LogP contribution < -0.4 is 0 Å². The molecule has 0 N–H and O–H groups in total. The number of rotatable bonds is 1. The number of hydrogen-bond donors (Lipinski definition) is 0. The maximum Gasteiger partial charge on any atom is 0.217 e. The Morgan fingerprint density at radius 2 is 2.45 bits per heavy atom. The highest BCUT2D eigenvalue weighted by Gasteiger charge is 2.08. The molecule has 0 saturated carbocycles. The summed E-state index contributed by atoms with van der Waals surface area (Å²) < 4.78 is 5.25. The van der Waals surface area contributed by atoms with Crippen molar-refractivity contribution in [3.8, 4) is 0 Å². The zero-order chi connectivity index (χ0) is 7.52. The van der Waals surface area contributed by atoms with Gasteiger partial charge in [-0.1, -0.05) is 0 Å². The molecule has 0 spiro atoms. The van der Waals surface area contributed by atoms with Gasteiger partial charge in [0.1, 0.15) is 6.61 Å². The number of ether oxygens (including phenoxy) is 1. The van der Waals surface area contributed by atoms with E-state index in [0.29, 0.717) is 6.61 Å². The lowest BCUT2D eigenvalue weighted by atomic mass is 10.3. The van der Waals surface area contributed by atoms with Crippen molar-refractivity contribution in [1.29, 1.82) is 0 Å². The van der Waals surface area contributed by atoms with E-state index in [1.165, 1.54) is 0 Å². The first kappa shape index (κ1) is 6.34. The highest BCUT2D eigenvalue weighted by atomic mass is 16.5. The molecule has 0 atom stereocenters. The van der Waals surface area contributed by atoms with Gasteiger partial charge in [-0.05, 0) is 12.1 Å². The van der Waals surface area contributed by atoms with E-state index in [-0.39, 0.29) is 0 Å². The predicted octanol–water partition coefficient (Wildman–Crippen LogP) is 0.858. The van der Waals surface area contributed by atoms with E-state index < -0.39 is 0 Å². The van der Waals surface area contributed by atoms with E-state index in [9.17, 15) is 0 Å². The number of pyridine rings is 1. The van der Waals surface area contributed by atoms with Crippen LogP contribution in [-0.2, 0) is 4.74 Å². The fraction of sp³-hybridized carbons (Fsp3) is 0.250. The summed E-state index contributed by atoms with van der Waals surface area (Å²) in [5.74, 6) is 0.720. The molecular formula is C8H8N2O. The third-order valence-electron chi connectivity index (χ3n) is 1.49. The zero-order valence-corrected chi connectivity index (χ0v) is 6.03. The molecule has 1 aromatic heterocycles. The molecule has 0 radical (unpaired) electrons. The van der Waals surface area contributed by atoms with Gasteiger partial charge in [-0.2, -0.15) is 0 Å². The van der Waals surface area contributed by atoms with E-state index >= 15 is 0 Å². The average Bonchev–Trinajstić information content (AvgIpc) is 2.58. The molecule has 0 bridgehead atoms. The summed E-state index contributed by atoms with van der Waals surface area (Å²) in [6.07, 6.45) is 3.49. The van der Waals surface area contributed by atoms with Crippen molar-refractivity contribution in [2.45, 2.75) is 0 Å². The molecule has 0 amide bonds. The van der Waals surface area contributed by atoms with Crippen LogP contribution in [0.4, 0.5) is 0 Å². The highest BCUT2D eigenvalue weighted by molar-refractivity contribution is 5.94. The Morgan fingerprint density at radius 1 is 1.45 bits per heavy atom. The number of aliphatic imine (C=N–C) groups is 1. The summed E-state index contributed by atoms with van der Waals surface area (Å²) in [7, 11) is 0. The fourth-order valence-electron chi connectivity index (χ4n) is 0.999. The summed E-state index contributed by atoms with van der Waals surface area (Å²) in [5, 5.41) is 0. The Bertz CT molecular complexity index is 269. The second kappa shape index (κ2) is 2.70. The summed E-state index contributed by atoms with van der Waals surface area (Å²) >= 11 is 0. The van der Waals surface area contributed by atoms with Crippen molar-refractivity contribution in [3.05, 3.63) is 30.1 Å². The van der Waals surface area contributed by atoms with Gasteiger partial charge in [0.05, 0.1) is 12.1 Å². The molecule has 2 heterocycles. The first-order chi connectivity index (χ1) is 5.47. The molecule has 0 unspecified atom stereocenters. The Kier molecular flexibility index (Phi) is 1.55. The van der Waals surface area contributed by atoms with Crippen LogP contribution in [0.1, 0.15) is 5.56 Å². The first-order valence-corrected chi connectivity index (χ1v) is 3.54. The van der Waals surface area contributed by atoms with Gasteiger partial charge in [-0.3, -0.25) is 4.98 Å². The number of nitrogens with zero attached hydrogens (tertiary/aromatic N) is 2. The summed E-state index contributed by atoms with van der Waals surface area (Å²) in [4.78, 5) is 8.13. The first-order valence-electron chi connectivity index (χ1n) is 3.54. The van der Waals surface area contributed by atoms with Crippen LogP contribution in [0.3, 0.4) is 0 Å². The highest BCUT2D eigenvalue weighted by Crippen LogP contribution is 2.04. The Hall–Kier alpha value is -1.38. The summed E-state index contributed by atoms with van der Waals surface area (Å²) in [6.45, 7) is 1.47. The van der Waals surface area contributed by atoms with Crippen LogP contribution in [0.15, 0.2) is 29.5 Å². The van der Waals surface area contributed by atoms with Gasteiger partial charge in [-0.25, -0.2) is 4.99 Å². The molecule has 3 nitrogen and oxygen atoms in total. The number of hydrogen-bond acceptors (Lipinski definition) is 3. The van der Waals surface area contributed by atoms with Crippen LogP contribution in [0.25, 0.3) is 0 Å². The molecule has 1 aromatic rings. The lowest BCUT2D eigenvalue weighted by molar-refractivity contribution is 0.348. The number of aromatic nitrogens is 1. The summed E-state index contributed by atoms with van der Waals surface area (Å²) in [6, 6.07) is 3.82. The smallest absolute Gasteiger partial charge is 0.217 e. The van der Waals surface area contributed by atoms with Gasteiger partial charge in [0.15, 0.2) is 0 Å². The lowest BCUT2D eigenvalue weighted by Crippen LogP contribution is -2.00. The van der Waals surface area contributed by atoms with E-state index in [4.69, 9.17) is 4.74 Å².